The van der Waals surface area contributed by atoms with Crippen molar-refractivity contribution in [1.82, 2.24) is 19.9 Å². The van der Waals surface area contributed by atoms with Gasteiger partial charge in [0.05, 0.1) is 34.4 Å². The van der Waals surface area contributed by atoms with Crippen LogP contribution in [0.3, 0.4) is 0 Å². The van der Waals surface area contributed by atoms with Gasteiger partial charge in [-0.3, -0.25) is 9.78 Å². The molecule has 9 heteroatoms. The summed E-state index contributed by atoms with van der Waals surface area (Å²) in [5.74, 6) is 1.37. The largest absolute Gasteiger partial charge is 0.491 e. The molecule has 4 rings (SSSR count). The summed E-state index contributed by atoms with van der Waals surface area (Å²) in [6.45, 7) is 11.7. The zero-order valence-corrected chi connectivity index (χ0v) is 22.4. The second-order valence-corrected chi connectivity index (χ2v) is 10.7. The van der Waals surface area contributed by atoms with Crippen LogP contribution < -0.4 is 15.6 Å². The van der Waals surface area contributed by atoms with Crippen molar-refractivity contribution in [2.75, 3.05) is 6.61 Å². The molecule has 0 radical (unpaired) electrons. The standard InChI is InChI=1S/C28H34N4O5/c1-16(2)10-18(31-27(34)37-28(4,5)6)14-35-23-12-22-20(11-21(23)24-13-29-15-36-24)19-8-9-30-17(3)25(19)26(33)32(22)7/h8-9,11-13,15-16,18H,10,14H2,1-7H3,(H,31,34). The maximum absolute atomic E-state index is 13.2. The number of alkyl carbamates (subject to hydrolysis) is 1. The third-order valence-electron chi connectivity index (χ3n) is 6.02. The van der Waals surface area contributed by atoms with Crippen molar-refractivity contribution in [3.8, 4) is 17.1 Å². The Labute approximate surface area is 215 Å². The Morgan fingerprint density at radius 3 is 2.62 bits per heavy atom. The summed E-state index contributed by atoms with van der Waals surface area (Å²) in [5, 5.41) is 5.19. The summed E-state index contributed by atoms with van der Waals surface area (Å²) in [7, 11) is 1.74. The minimum absolute atomic E-state index is 0.129. The molecule has 1 atom stereocenters. The van der Waals surface area contributed by atoms with Gasteiger partial charge >= 0.3 is 6.09 Å². The number of hydrogen-bond donors (Lipinski definition) is 1. The van der Waals surface area contributed by atoms with E-state index in [4.69, 9.17) is 13.9 Å². The third-order valence-corrected chi connectivity index (χ3v) is 6.02. The number of ether oxygens (including phenoxy) is 2. The summed E-state index contributed by atoms with van der Waals surface area (Å²) in [4.78, 5) is 34.1. The number of nitrogens with one attached hydrogen (secondary N) is 1. The molecule has 37 heavy (non-hydrogen) atoms. The molecule has 3 aromatic heterocycles. The van der Waals surface area contributed by atoms with Gasteiger partial charge in [-0.25, -0.2) is 9.78 Å². The van der Waals surface area contributed by atoms with Gasteiger partial charge in [0.2, 0.25) is 0 Å². The van der Waals surface area contributed by atoms with Crippen LogP contribution in [0.25, 0.3) is 33.0 Å². The maximum atomic E-state index is 13.2. The molecule has 1 amide bonds. The Kier molecular flexibility index (Phi) is 7.25. The van der Waals surface area contributed by atoms with Gasteiger partial charge < -0.3 is 23.8 Å². The average molecular weight is 507 g/mol. The average Bonchev–Trinajstić information content (AvgIpc) is 3.33. The van der Waals surface area contributed by atoms with Crippen molar-refractivity contribution in [2.24, 2.45) is 13.0 Å². The van der Waals surface area contributed by atoms with Gasteiger partial charge in [0.25, 0.3) is 5.56 Å². The highest BCUT2D eigenvalue weighted by Crippen LogP contribution is 2.36. The summed E-state index contributed by atoms with van der Waals surface area (Å²) in [6.07, 6.45) is 4.89. The quantitative estimate of drug-likeness (QED) is 0.336. The fraction of sp³-hybridized carbons (Fsp3) is 0.429. The van der Waals surface area contributed by atoms with Crippen LogP contribution >= 0.6 is 0 Å². The van der Waals surface area contributed by atoms with E-state index < -0.39 is 11.7 Å². The fourth-order valence-electron chi connectivity index (χ4n) is 4.46. The Morgan fingerprint density at radius 1 is 1.22 bits per heavy atom. The number of hydrogen-bond acceptors (Lipinski definition) is 7. The molecule has 0 spiro atoms. The van der Waals surface area contributed by atoms with E-state index in [-0.39, 0.29) is 18.2 Å². The molecule has 196 valence electrons. The molecule has 4 aromatic rings. The summed E-state index contributed by atoms with van der Waals surface area (Å²) in [6, 6.07) is 5.34. The van der Waals surface area contributed by atoms with Gasteiger partial charge in [-0.15, -0.1) is 0 Å². The monoisotopic (exact) mass is 506 g/mol. The number of aromatic nitrogens is 3. The van der Waals surface area contributed by atoms with Crippen LogP contribution in [0.15, 0.2) is 46.2 Å². The van der Waals surface area contributed by atoms with Crippen molar-refractivity contribution in [3.63, 3.8) is 0 Å². The van der Waals surface area contributed by atoms with Crippen LogP contribution in [0.4, 0.5) is 4.79 Å². The molecular formula is C28H34N4O5. The van der Waals surface area contributed by atoms with E-state index in [1.165, 1.54) is 6.39 Å². The van der Waals surface area contributed by atoms with Crippen LogP contribution in [0.1, 0.15) is 46.7 Å². The van der Waals surface area contributed by atoms with Crippen LogP contribution in [0.5, 0.6) is 5.75 Å². The first-order valence-electron chi connectivity index (χ1n) is 12.4. The number of carbonyl (C=O) groups is 1. The molecule has 1 N–H and O–H groups in total. The predicted molar refractivity (Wildman–Crippen MR) is 143 cm³/mol. The highest BCUT2D eigenvalue weighted by atomic mass is 16.6. The lowest BCUT2D eigenvalue weighted by Gasteiger charge is -2.25. The van der Waals surface area contributed by atoms with Gasteiger partial charge in [0.15, 0.2) is 12.2 Å². The predicted octanol–water partition coefficient (Wildman–Crippen LogP) is 5.37. The molecule has 3 heterocycles. The minimum Gasteiger partial charge on any atom is -0.491 e. The maximum Gasteiger partial charge on any atom is 0.407 e. The summed E-state index contributed by atoms with van der Waals surface area (Å²) < 4.78 is 19.0. The molecule has 1 unspecified atom stereocenters. The number of aryl methyl sites for hydroxylation is 2. The van der Waals surface area contributed by atoms with Crippen LogP contribution in [-0.4, -0.2) is 38.9 Å². The van der Waals surface area contributed by atoms with E-state index in [1.807, 2.05) is 45.9 Å². The SMILES string of the molecule is Cc1nccc2c1c(=O)n(C)c1cc(OCC(CC(C)C)NC(=O)OC(C)(C)C)c(-c3cnco3)cc21. The molecule has 0 aliphatic heterocycles. The molecule has 0 saturated heterocycles. The Balaban J connectivity index is 1.77. The lowest BCUT2D eigenvalue weighted by Crippen LogP contribution is -2.42. The molecule has 0 saturated carbocycles. The fourth-order valence-corrected chi connectivity index (χ4v) is 4.46. The molecule has 9 nitrogen and oxygen atoms in total. The number of carbonyl (C=O) groups excluding carboxylic acids is 1. The van der Waals surface area contributed by atoms with Crippen LogP contribution in [0, 0.1) is 12.8 Å². The summed E-state index contributed by atoms with van der Waals surface area (Å²) in [5.41, 5.74) is 1.34. The minimum atomic E-state index is -0.605. The first kappa shape index (κ1) is 26.2. The lowest BCUT2D eigenvalue weighted by atomic mass is 10.0. The molecule has 0 aliphatic carbocycles. The zero-order chi connectivity index (χ0) is 26.9. The van der Waals surface area contributed by atoms with Gasteiger partial charge in [-0.2, -0.15) is 0 Å². The Morgan fingerprint density at radius 2 is 1.97 bits per heavy atom. The van der Waals surface area contributed by atoms with E-state index in [0.717, 1.165) is 10.8 Å². The van der Waals surface area contributed by atoms with Crippen molar-refractivity contribution < 1.29 is 18.7 Å². The van der Waals surface area contributed by atoms with E-state index in [9.17, 15) is 9.59 Å². The Hall–Kier alpha value is -3.88. The first-order chi connectivity index (χ1) is 17.4. The van der Waals surface area contributed by atoms with E-state index >= 15 is 0 Å². The van der Waals surface area contributed by atoms with Crippen LogP contribution in [0.2, 0.25) is 0 Å². The smallest absolute Gasteiger partial charge is 0.407 e. The van der Waals surface area contributed by atoms with Crippen molar-refractivity contribution in [2.45, 2.75) is 59.6 Å². The molecule has 1 aromatic carbocycles. The molecule has 0 aliphatic rings. The number of rotatable bonds is 7. The van der Waals surface area contributed by atoms with Gasteiger partial charge in [-0.1, -0.05) is 13.8 Å². The first-order valence-corrected chi connectivity index (χ1v) is 12.4. The Bertz CT molecular complexity index is 1480. The number of amides is 1. The highest BCUT2D eigenvalue weighted by Gasteiger charge is 2.22. The second kappa shape index (κ2) is 10.2. The van der Waals surface area contributed by atoms with E-state index in [1.54, 1.807) is 24.0 Å². The summed E-state index contributed by atoms with van der Waals surface area (Å²) >= 11 is 0. The van der Waals surface area contributed by atoms with Gasteiger partial charge in [0.1, 0.15) is 18.0 Å². The van der Waals surface area contributed by atoms with Crippen LogP contribution in [-0.2, 0) is 11.8 Å². The molecule has 0 fully saturated rings. The number of nitrogens with zero attached hydrogens (tertiary/aromatic N) is 3. The lowest BCUT2D eigenvalue weighted by molar-refractivity contribution is 0.0480. The number of fused-ring (bicyclic) bond motifs is 3. The van der Waals surface area contributed by atoms with E-state index in [0.29, 0.717) is 46.0 Å². The number of oxazole rings is 1. The molecule has 0 bridgehead atoms. The number of benzene rings is 1. The van der Waals surface area contributed by atoms with Gasteiger partial charge in [-0.05, 0) is 57.6 Å². The zero-order valence-electron chi connectivity index (χ0n) is 22.4. The molecular weight excluding hydrogens is 472 g/mol. The van der Waals surface area contributed by atoms with E-state index in [2.05, 4.69) is 29.1 Å². The van der Waals surface area contributed by atoms with Crippen molar-refractivity contribution >= 4 is 27.8 Å². The number of pyridine rings is 2. The normalized spacial score (nSPS) is 12.8. The third kappa shape index (κ3) is 5.76. The second-order valence-electron chi connectivity index (χ2n) is 10.7. The van der Waals surface area contributed by atoms with Crippen molar-refractivity contribution in [1.29, 1.82) is 0 Å². The topological polar surface area (TPSA) is 108 Å². The highest BCUT2D eigenvalue weighted by molar-refractivity contribution is 6.08. The van der Waals surface area contributed by atoms with Gasteiger partial charge in [0, 0.05) is 24.7 Å². The van der Waals surface area contributed by atoms with Crippen molar-refractivity contribution in [3.05, 3.63) is 53.0 Å².